The van der Waals surface area contributed by atoms with Gasteiger partial charge in [0.25, 0.3) is 0 Å². The van der Waals surface area contributed by atoms with E-state index in [2.05, 4.69) is 0 Å². The van der Waals surface area contributed by atoms with Gasteiger partial charge < -0.3 is 10.2 Å². The summed E-state index contributed by atoms with van der Waals surface area (Å²) in [7, 11) is 0. The molecule has 0 rings (SSSR count). The summed E-state index contributed by atoms with van der Waals surface area (Å²) >= 11 is 0. The molecule has 0 spiro atoms. The van der Waals surface area contributed by atoms with E-state index in [9.17, 15) is 0 Å². The summed E-state index contributed by atoms with van der Waals surface area (Å²) in [5.41, 5.74) is 0. The van der Waals surface area contributed by atoms with Gasteiger partial charge >= 0.3 is 55.0 Å². The molecule has 3 nitrogen and oxygen atoms in total. The van der Waals surface area contributed by atoms with Gasteiger partial charge in [-0.15, -0.1) is 0 Å². The Labute approximate surface area is 117 Å². The second-order valence-corrected chi connectivity index (χ2v) is 0.283. The van der Waals surface area contributed by atoms with E-state index in [0.717, 1.165) is 0 Å². The van der Waals surface area contributed by atoms with E-state index >= 15 is 0 Å². The van der Waals surface area contributed by atoms with E-state index in [0.29, 0.717) is 0 Å². The first-order valence-corrected chi connectivity index (χ1v) is 0.651. The second-order valence-electron chi connectivity index (χ2n) is 0.283. The summed E-state index contributed by atoms with van der Waals surface area (Å²) < 4.78 is 0. The third-order valence-electron chi connectivity index (χ3n) is 0. The first-order valence-electron chi connectivity index (χ1n) is 0.651. The maximum absolute atomic E-state index is 8.56. The van der Waals surface area contributed by atoms with Gasteiger partial charge in [-0.2, -0.15) is 0 Å². The van der Waals surface area contributed by atoms with Crippen LogP contribution >= 0.6 is 0 Å². The largest absolute Gasteiger partial charge is 0 e. The maximum Gasteiger partial charge on any atom is 0 e. The van der Waals surface area contributed by atoms with Crippen LogP contribution in [0.5, 0.6) is 0 Å². The number of hydrogen-bond donors (Lipinski definition) is 2. The van der Waals surface area contributed by atoms with Crippen LogP contribution in [0.3, 0.4) is 0 Å². The Balaban J connectivity index is -0.0000000150. The fourth-order valence-corrected chi connectivity index (χ4v) is 0. The molecule has 0 fully saturated rings. The zero-order valence-corrected chi connectivity index (χ0v) is 6.46. The van der Waals surface area contributed by atoms with Crippen LogP contribution in [-0.4, -0.2) is 65.2 Å². The molecule has 2 N–H and O–H groups in total. The van der Waals surface area contributed by atoms with Crippen molar-refractivity contribution in [3.05, 3.63) is 0 Å². The molecule has 0 aromatic rings. The van der Waals surface area contributed by atoms with Crippen molar-refractivity contribution in [2.75, 3.05) is 0 Å². The van der Waals surface area contributed by atoms with Gasteiger partial charge in [0.15, 0.2) is 0 Å². The molecule has 42 valence electrons. The van der Waals surface area contributed by atoms with Crippen LogP contribution in [-0.2, 0) is 49.8 Å². The van der Waals surface area contributed by atoms with Crippen LogP contribution in [0.1, 0.15) is 0 Å². The molecular formula is CH4BaCuO3Y. The van der Waals surface area contributed by atoms with Gasteiger partial charge in [0.05, 0.1) is 0 Å². The summed E-state index contributed by atoms with van der Waals surface area (Å²) in [6.45, 7) is 0. The summed E-state index contributed by atoms with van der Waals surface area (Å²) in [5.74, 6) is 0. The van der Waals surface area contributed by atoms with E-state index < -0.39 is 6.16 Å². The topological polar surface area (TPSA) is 57.5 Å². The Bertz CT molecular complexity index is 37.9. The van der Waals surface area contributed by atoms with Gasteiger partial charge in [0, 0.05) is 49.8 Å². The molecule has 0 bridgehead atoms. The van der Waals surface area contributed by atoms with Crippen LogP contribution in [0.25, 0.3) is 0 Å². The molecule has 0 aliphatic rings. The van der Waals surface area contributed by atoms with Crippen LogP contribution in [0.15, 0.2) is 0 Å². The van der Waals surface area contributed by atoms with E-state index in [-0.39, 0.29) is 98.7 Å². The zero-order valence-electron chi connectivity index (χ0n) is 2.68. The van der Waals surface area contributed by atoms with Crippen molar-refractivity contribution >= 4 is 55.0 Å². The number of hydrogen-bond acceptors (Lipinski definition) is 1. The number of carboxylic acid groups (broad SMARTS) is 2. The van der Waals surface area contributed by atoms with Crippen molar-refractivity contribution < 1.29 is 64.8 Å². The monoisotopic (exact) mass is 354 g/mol. The van der Waals surface area contributed by atoms with E-state index in [1.54, 1.807) is 0 Å². The third-order valence-corrected chi connectivity index (χ3v) is 0. The average molecular weight is 354 g/mol. The minimum Gasteiger partial charge on any atom is 0 e. The van der Waals surface area contributed by atoms with Crippen LogP contribution in [0.4, 0.5) is 4.79 Å². The van der Waals surface area contributed by atoms with Crippen LogP contribution in [0.2, 0.25) is 0 Å². The molecule has 6 heteroatoms. The molecule has 2 radical (unpaired) electrons. The SMILES string of the molecule is O=C(O)O.[BaH2].[Cu].[Y]. The van der Waals surface area contributed by atoms with E-state index in [4.69, 9.17) is 15.0 Å². The van der Waals surface area contributed by atoms with Gasteiger partial charge in [0.1, 0.15) is 0 Å². The standard InChI is InChI=1S/CH2O3.Ba.Cu.Y.2H/c2-1(3)4;;;;;/h(H2,2,3,4);;;;;. The van der Waals surface area contributed by atoms with E-state index in [1.165, 1.54) is 0 Å². The fourth-order valence-electron chi connectivity index (χ4n) is 0. The minimum absolute atomic E-state index is 0. The van der Waals surface area contributed by atoms with Crippen molar-refractivity contribution in [1.82, 2.24) is 0 Å². The van der Waals surface area contributed by atoms with Crippen molar-refractivity contribution in [1.29, 1.82) is 0 Å². The summed E-state index contributed by atoms with van der Waals surface area (Å²) in [4.78, 5) is 8.56. The van der Waals surface area contributed by atoms with Crippen molar-refractivity contribution in [3.63, 3.8) is 0 Å². The van der Waals surface area contributed by atoms with Gasteiger partial charge in [-0.3, -0.25) is 0 Å². The first kappa shape index (κ1) is 22.7. The fraction of sp³-hybridized carbons (Fsp3) is 0. The smallest absolute Gasteiger partial charge is 0 e. The Morgan fingerprint density at radius 2 is 1.29 bits per heavy atom. The molecule has 7 heavy (non-hydrogen) atoms. The summed E-state index contributed by atoms with van der Waals surface area (Å²) in [6, 6.07) is 0. The van der Waals surface area contributed by atoms with Gasteiger partial charge in [-0.05, 0) is 0 Å². The Hall–Kier alpha value is 2.46. The molecule has 0 aliphatic carbocycles. The predicted molar refractivity (Wildman–Crippen MR) is 19.2 cm³/mol. The Morgan fingerprint density at radius 1 is 1.29 bits per heavy atom. The van der Waals surface area contributed by atoms with Crippen LogP contribution in [0, 0.1) is 0 Å². The maximum atomic E-state index is 8.56. The molecule has 0 aromatic carbocycles. The third kappa shape index (κ3) is 58.2. The number of rotatable bonds is 0. The Kier molecular flexibility index (Phi) is 51.2. The van der Waals surface area contributed by atoms with E-state index in [1.807, 2.05) is 0 Å². The quantitative estimate of drug-likeness (QED) is 0.566. The van der Waals surface area contributed by atoms with Crippen molar-refractivity contribution in [2.24, 2.45) is 0 Å². The summed E-state index contributed by atoms with van der Waals surface area (Å²) in [5, 5.41) is 13.9. The molecule has 0 heterocycles. The molecular weight excluding hydrogens is 350 g/mol. The molecule has 0 aliphatic heterocycles. The first-order chi connectivity index (χ1) is 1.73. The van der Waals surface area contributed by atoms with Crippen molar-refractivity contribution in [2.45, 2.75) is 0 Å². The van der Waals surface area contributed by atoms with Crippen LogP contribution < -0.4 is 0 Å². The Morgan fingerprint density at radius 3 is 1.29 bits per heavy atom. The molecule has 0 unspecified atom stereocenters. The molecule has 0 atom stereocenters. The zero-order chi connectivity index (χ0) is 3.58. The minimum atomic E-state index is -1.83. The average Bonchev–Trinajstić information content (AvgIpc) is 0.811. The van der Waals surface area contributed by atoms with Gasteiger partial charge in [-0.1, -0.05) is 0 Å². The normalized spacial score (nSPS) is 3.43. The summed E-state index contributed by atoms with van der Waals surface area (Å²) in [6.07, 6.45) is -1.83. The van der Waals surface area contributed by atoms with Crippen molar-refractivity contribution in [3.8, 4) is 0 Å². The number of carbonyl (C=O) groups is 1. The predicted octanol–water partition coefficient (Wildman–Crippen LogP) is -0.699. The van der Waals surface area contributed by atoms with Gasteiger partial charge in [-0.25, -0.2) is 4.79 Å². The second kappa shape index (κ2) is 15.8. The van der Waals surface area contributed by atoms with Gasteiger partial charge in [0.2, 0.25) is 0 Å². The molecule has 0 saturated carbocycles. The molecule has 0 saturated heterocycles. The molecule has 0 aromatic heterocycles. The molecule has 0 amide bonds.